The van der Waals surface area contributed by atoms with Crippen molar-refractivity contribution >= 4 is 22.7 Å². The Kier molecular flexibility index (Phi) is 4.75. The van der Waals surface area contributed by atoms with Crippen molar-refractivity contribution in [2.75, 3.05) is 26.2 Å². The van der Waals surface area contributed by atoms with E-state index in [2.05, 4.69) is 15.2 Å². The maximum Gasteiger partial charge on any atom is 0.267 e. The van der Waals surface area contributed by atoms with E-state index < -0.39 is 0 Å². The van der Waals surface area contributed by atoms with Gasteiger partial charge in [-0.3, -0.25) is 14.5 Å². The zero-order chi connectivity index (χ0) is 20.7. The fourth-order valence-electron chi connectivity index (χ4n) is 4.58. The van der Waals surface area contributed by atoms with Gasteiger partial charge in [-0.15, -0.1) is 0 Å². The molecule has 2 fully saturated rings. The van der Waals surface area contributed by atoms with Gasteiger partial charge in [0.05, 0.1) is 0 Å². The van der Waals surface area contributed by atoms with Crippen molar-refractivity contribution in [2.24, 2.45) is 0 Å². The van der Waals surface area contributed by atoms with Crippen LogP contribution >= 0.6 is 0 Å². The third kappa shape index (κ3) is 3.35. The Morgan fingerprint density at radius 3 is 2.73 bits per heavy atom. The highest BCUT2D eigenvalue weighted by Crippen LogP contribution is 2.26. The molecule has 3 heterocycles. The lowest BCUT2D eigenvalue weighted by Gasteiger charge is -2.40. The highest BCUT2D eigenvalue weighted by molar-refractivity contribution is 5.98. The van der Waals surface area contributed by atoms with Gasteiger partial charge in [0.25, 0.3) is 11.8 Å². The number of rotatable bonds is 4. The quantitative estimate of drug-likeness (QED) is 0.700. The number of hydrogen-bond donors (Lipinski definition) is 2. The molecule has 0 spiro atoms. The van der Waals surface area contributed by atoms with Crippen molar-refractivity contribution in [2.45, 2.75) is 18.5 Å². The van der Waals surface area contributed by atoms with E-state index in [0.717, 1.165) is 19.5 Å². The van der Waals surface area contributed by atoms with Crippen molar-refractivity contribution in [1.29, 1.82) is 0 Å². The second kappa shape index (κ2) is 7.57. The molecule has 0 aliphatic carbocycles. The van der Waals surface area contributed by atoms with Gasteiger partial charge in [-0.05, 0) is 36.8 Å². The molecule has 1 aromatic heterocycles. The number of amides is 2. The lowest BCUT2D eigenvalue weighted by molar-refractivity contribution is 0.0493. The molecular formula is C23H23FN4O2. The second-order valence-corrected chi connectivity index (χ2v) is 8.01. The molecule has 2 saturated heterocycles. The molecule has 2 aliphatic heterocycles. The van der Waals surface area contributed by atoms with E-state index in [4.69, 9.17) is 0 Å². The SMILES string of the molecule is O=C(NC[C@@H]1CN(C(=O)c2ccccc2)[C@H]2CCN1C2)c1cc2c(F)cccc2[nH]1. The Morgan fingerprint density at radius 2 is 1.93 bits per heavy atom. The average molecular weight is 406 g/mol. The molecule has 2 bridgehead atoms. The fourth-order valence-corrected chi connectivity index (χ4v) is 4.58. The molecule has 1 unspecified atom stereocenters. The topological polar surface area (TPSA) is 68.4 Å². The van der Waals surface area contributed by atoms with Crippen LogP contribution in [0, 0.1) is 5.82 Å². The lowest BCUT2D eigenvalue weighted by Crippen LogP contribution is -2.57. The molecule has 154 valence electrons. The van der Waals surface area contributed by atoms with Crippen molar-refractivity contribution in [3.8, 4) is 0 Å². The Bertz CT molecular complexity index is 1100. The molecule has 7 heteroatoms. The lowest BCUT2D eigenvalue weighted by atomic mass is 10.1. The second-order valence-electron chi connectivity index (χ2n) is 8.01. The third-order valence-electron chi connectivity index (χ3n) is 6.19. The molecule has 0 radical (unpaired) electrons. The minimum atomic E-state index is -0.353. The van der Waals surface area contributed by atoms with Gasteiger partial charge in [-0.25, -0.2) is 4.39 Å². The van der Waals surface area contributed by atoms with E-state index in [1.54, 1.807) is 12.1 Å². The summed E-state index contributed by atoms with van der Waals surface area (Å²) in [5.74, 6) is -0.578. The number of aromatic nitrogens is 1. The first kappa shape index (κ1) is 18.8. The molecule has 2 amide bonds. The standard InChI is InChI=1S/C23H23FN4O2/c24-19-7-4-8-20-18(19)11-21(26-20)22(29)25-12-17-14-28(16-9-10-27(17)13-16)23(30)15-5-2-1-3-6-15/h1-8,11,16-17,26H,9-10,12-14H2,(H,25,29)/t16-,17+/m0/s1. The Morgan fingerprint density at radius 1 is 1.10 bits per heavy atom. The number of benzene rings is 2. The summed E-state index contributed by atoms with van der Waals surface area (Å²) in [5.41, 5.74) is 1.63. The van der Waals surface area contributed by atoms with Crippen LogP contribution in [-0.2, 0) is 0 Å². The van der Waals surface area contributed by atoms with Gasteiger partial charge < -0.3 is 15.2 Å². The number of aromatic amines is 1. The summed E-state index contributed by atoms with van der Waals surface area (Å²) < 4.78 is 13.9. The predicted molar refractivity (Wildman–Crippen MR) is 112 cm³/mol. The van der Waals surface area contributed by atoms with Gasteiger partial charge in [0, 0.05) is 54.7 Å². The van der Waals surface area contributed by atoms with E-state index in [1.165, 1.54) is 12.1 Å². The molecule has 2 aliphatic rings. The van der Waals surface area contributed by atoms with E-state index in [0.29, 0.717) is 35.2 Å². The Hall–Kier alpha value is -3.19. The first-order valence-corrected chi connectivity index (χ1v) is 10.3. The number of H-pyrrole nitrogens is 1. The summed E-state index contributed by atoms with van der Waals surface area (Å²) in [6.07, 6.45) is 0.949. The zero-order valence-corrected chi connectivity index (χ0v) is 16.5. The minimum absolute atomic E-state index is 0.0459. The van der Waals surface area contributed by atoms with E-state index >= 15 is 0 Å². The summed E-state index contributed by atoms with van der Waals surface area (Å²) in [7, 11) is 0. The first-order valence-electron chi connectivity index (χ1n) is 10.3. The first-order chi connectivity index (χ1) is 14.6. The van der Waals surface area contributed by atoms with Crippen LogP contribution in [-0.4, -0.2) is 64.9 Å². The van der Waals surface area contributed by atoms with Gasteiger partial charge in [0.15, 0.2) is 0 Å². The van der Waals surface area contributed by atoms with E-state index in [-0.39, 0.29) is 29.7 Å². The number of carbonyl (C=O) groups excluding carboxylic acids is 2. The number of halogens is 1. The molecule has 6 nitrogen and oxygen atoms in total. The highest BCUT2D eigenvalue weighted by Gasteiger charge is 2.40. The number of carbonyl (C=O) groups is 2. The third-order valence-corrected chi connectivity index (χ3v) is 6.19. The van der Waals surface area contributed by atoms with Gasteiger partial charge in [-0.1, -0.05) is 24.3 Å². The highest BCUT2D eigenvalue weighted by atomic mass is 19.1. The largest absolute Gasteiger partial charge is 0.350 e. The average Bonchev–Trinajstić information content (AvgIpc) is 3.39. The summed E-state index contributed by atoms with van der Waals surface area (Å²) in [6, 6.07) is 15.9. The summed E-state index contributed by atoms with van der Waals surface area (Å²) in [6.45, 7) is 2.76. The van der Waals surface area contributed by atoms with Crippen molar-refractivity contribution < 1.29 is 14.0 Å². The number of nitrogens with zero attached hydrogens (tertiary/aromatic N) is 2. The maximum absolute atomic E-state index is 13.9. The number of fused-ring (bicyclic) bond motifs is 3. The van der Waals surface area contributed by atoms with Crippen LogP contribution in [0.3, 0.4) is 0 Å². The van der Waals surface area contributed by atoms with Crippen LogP contribution in [0.25, 0.3) is 10.9 Å². The smallest absolute Gasteiger partial charge is 0.267 e. The molecule has 3 atom stereocenters. The number of nitrogens with one attached hydrogen (secondary N) is 2. The number of hydrogen-bond acceptors (Lipinski definition) is 3. The summed E-state index contributed by atoms with van der Waals surface area (Å²) in [5, 5.41) is 3.36. The number of piperazine rings is 1. The van der Waals surface area contributed by atoms with Crippen LogP contribution in [0.1, 0.15) is 27.3 Å². The van der Waals surface area contributed by atoms with E-state index in [9.17, 15) is 14.0 Å². The van der Waals surface area contributed by atoms with Gasteiger partial charge >= 0.3 is 0 Å². The summed E-state index contributed by atoms with van der Waals surface area (Å²) in [4.78, 5) is 32.9. The molecule has 2 aromatic carbocycles. The fraction of sp³-hybridized carbons (Fsp3) is 0.304. The molecule has 0 saturated carbocycles. The van der Waals surface area contributed by atoms with Crippen molar-refractivity contribution in [1.82, 2.24) is 20.1 Å². The minimum Gasteiger partial charge on any atom is -0.350 e. The van der Waals surface area contributed by atoms with Gasteiger partial charge in [-0.2, -0.15) is 0 Å². The molecular weight excluding hydrogens is 383 g/mol. The van der Waals surface area contributed by atoms with Crippen LogP contribution in [0.5, 0.6) is 0 Å². The van der Waals surface area contributed by atoms with Crippen molar-refractivity contribution in [3.63, 3.8) is 0 Å². The van der Waals surface area contributed by atoms with Crippen LogP contribution in [0.15, 0.2) is 54.6 Å². The van der Waals surface area contributed by atoms with Crippen LogP contribution in [0.4, 0.5) is 4.39 Å². The van der Waals surface area contributed by atoms with E-state index in [1.807, 2.05) is 35.2 Å². The van der Waals surface area contributed by atoms with Crippen molar-refractivity contribution in [3.05, 3.63) is 71.7 Å². The zero-order valence-electron chi connectivity index (χ0n) is 16.5. The maximum atomic E-state index is 13.9. The summed E-state index contributed by atoms with van der Waals surface area (Å²) >= 11 is 0. The van der Waals surface area contributed by atoms with Gasteiger partial charge in [0.2, 0.25) is 0 Å². The Balaban J connectivity index is 1.28. The van der Waals surface area contributed by atoms with Crippen LogP contribution < -0.4 is 5.32 Å². The normalized spacial score (nSPS) is 23.0. The van der Waals surface area contributed by atoms with Gasteiger partial charge in [0.1, 0.15) is 11.5 Å². The van der Waals surface area contributed by atoms with Crippen LogP contribution in [0.2, 0.25) is 0 Å². The monoisotopic (exact) mass is 406 g/mol. The molecule has 3 aromatic rings. The molecule has 30 heavy (non-hydrogen) atoms. The molecule has 2 N–H and O–H groups in total. The molecule has 5 rings (SSSR count). The Labute approximate surface area is 173 Å². The predicted octanol–water partition coefficient (Wildman–Crippen LogP) is 2.64.